The van der Waals surface area contributed by atoms with Crippen LogP contribution in [0.3, 0.4) is 0 Å². The van der Waals surface area contributed by atoms with Gasteiger partial charge in [-0.3, -0.25) is 0 Å². The molecule has 2 rings (SSSR count). The first kappa shape index (κ1) is 18.3. The summed E-state index contributed by atoms with van der Waals surface area (Å²) < 4.78 is 5.56. The number of aliphatic hydroxyl groups is 1. The fourth-order valence-corrected chi connectivity index (χ4v) is 2.87. The third kappa shape index (κ3) is 6.22. The van der Waals surface area contributed by atoms with Crippen LogP contribution in [0.5, 0.6) is 5.75 Å². The molecule has 0 aliphatic carbocycles. The van der Waals surface area contributed by atoms with Gasteiger partial charge in [-0.2, -0.15) is 0 Å². The molecule has 0 bridgehead atoms. The lowest BCUT2D eigenvalue weighted by molar-refractivity contribution is 0.173. The minimum absolute atomic E-state index is 0.111. The summed E-state index contributed by atoms with van der Waals surface area (Å²) in [6.45, 7) is 4.66. The van der Waals surface area contributed by atoms with E-state index >= 15 is 0 Å². The predicted octanol–water partition coefficient (Wildman–Crippen LogP) is 3.11. The lowest BCUT2D eigenvalue weighted by Crippen LogP contribution is -2.38. The van der Waals surface area contributed by atoms with Gasteiger partial charge in [0.25, 0.3) is 0 Å². The van der Waals surface area contributed by atoms with Crippen molar-refractivity contribution in [2.75, 3.05) is 13.1 Å². The Hall–Kier alpha value is -2.05. The van der Waals surface area contributed by atoms with Crippen LogP contribution in [0.15, 0.2) is 41.8 Å². The van der Waals surface area contributed by atoms with E-state index < -0.39 is 6.10 Å². The van der Waals surface area contributed by atoms with Gasteiger partial charge in [0.05, 0.1) is 12.2 Å². The van der Waals surface area contributed by atoms with E-state index in [2.05, 4.69) is 10.6 Å². The number of urea groups is 1. The normalized spacial score (nSPS) is 12.0. The average molecular weight is 348 g/mol. The summed E-state index contributed by atoms with van der Waals surface area (Å²) in [5, 5.41) is 17.6. The van der Waals surface area contributed by atoms with E-state index in [-0.39, 0.29) is 18.7 Å². The molecule has 2 aromatic rings. The van der Waals surface area contributed by atoms with Crippen LogP contribution in [0.1, 0.15) is 30.4 Å². The van der Waals surface area contributed by atoms with Crippen LogP contribution in [0.25, 0.3) is 0 Å². The van der Waals surface area contributed by atoms with Crippen molar-refractivity contribution in [3.05, 3.63) is 52.2 Å². The van der Waals surface area contributed by atoms with E-state index in [1.165, 1.54) is 4.88 Å². The van der Waals surface area contributed by atoms with Crippen LogP contribution >= 0.6 is 11.3 Å². The Bertz CT molecular complexity index is 612. The Morgan fingerprint density at radius 3 is 2.58 bits per heavy atom. The number of amides is 2. The number of carbonyl (C=O) groups is 1. The molecule has 1 aromatic carbocycles. The zero-order chi connectivity index (χ0) is 17.4. The number of hydrogen-bond donors (Lipinski definition) is 3. The molecule has 1 heterocycles. The molecular formula is C18H24N2O3S. The predicted molar refractivity (Wildman–Crippen MR) is 96.6 cm³/mol. The third-order valence-corrected chi connectivity index (χ3v) is 4.27. The number of carbonyl (C=O) groups excluding carboxylic acids is 1. The molecule has 130 valence electrons. The number of nitrogens with one attached hydrogen (secondary N) is 2. The van der Waals surface area contributed by atoms with Crippen molar-refractivity contribution >= 4 is 17.4 Å². The number of aliphatic hydroxyl groups excluding tert-OH is 1. The van der Waals surface area contributed by atoms with Gasteiger partial charge in [-0.15, -0.1) is 11.3 Å². The highest BCUT2D eigenvalue weighted by Gasteiger charge is 2.10. The molecule has 24 heavy (non-hydrogen) atoms. The molecule has 0 saturated heterocycles. The number of ether oxygens (including phenoxy) is 1. The molecule has 0 spiro atoms. The number of benzene rings is 1. The van der Waals surface area contributed by atoms with Crippen LogP contribution in [-0.2, 0) is 6.42 Å². The molecule has 0 aliphatic rings. The van der Waals surface area contributed by atoms with Crippen molar-refractivity contribution in [3.63, 3.8) is 0 Å². The van der Waals surface area contributed by atoms with Gasteiger partial charge in [0.15, 0.2) is 0 Å². The van der Waals surface area contributed by atoms with E-state index in [9.17, 15) is 9.90 Å². The van der Waals surface area contributed by atoms with E-state index in [1.54, 1.807) is 23.5 Å². The Balaban J connectivity index is 1.69. The monoisotopic (exact) mass is 348 g/mol. The Morgan fingerprint density at radius 2 is 1.96 bits per heavy atom. The second kappa shape index (κ2) is 9.30. The number of thiophene rings is 1. The Labute approximate surface area is 146 Å². The summed E-state index contributed by atoms with van der Waals surface area (Å²) >= 11 is 1.67. The first-order chi connectivity index (χ1) is 11.5. The lowest BCUT2D eigenvalue weighted by atomic mass is 10.1. The van der Waals surface area contributed by atoms with Crippen molar-refractivity contribution in [2.24, 2.45) is 0 Å². The van der Waals surface area contributed by atoms with Gasteiger partial charge in [0, 0.05) is 18.0 Å². The van der Waals surface area contributed by atoms with Gasteiger partial charge in [0.1, 0.15) is 5.75 Å². The zero-order valence-electron chi connectivity index (χ0n) is 14.0. The molecule has 0 radical (unpaired) electrons. The van der Waals surface area contributed by atoms with Crippen molar-refractivity contribution in [1.29, 1.82) is 0 Å². The molecule has 0 aliphatic heterocycles. The first-order valence-electron chi connectivity index (χ1n) is 8.03. The standard InChI is InChI=1S/C18H24N2O3S/c1-13(2)23-15-7-5-14(6-8-15)17(21)12-20-18(22)19-10-9-16-4-3-11-24-16/h3-8,11,13,17,21H,9-10,12H2,1-2H3,(H2,19,20,22). The number of hydrogen-bond acceptors (Lipinski definition) is 4. The molecule has 1 atom stereocenters. The molecule has 3 N–H and O–H groups in total. The Morgan fingerprint density at radius 1 is 1.21 bits per heavy atom. The fourth-order valence-electron chi connectivity index (χ4n) is 2.16. The highest BCUT2D eigenvalue weighted by Crippen LogP contribution is 2.18. The molecule has 1 unspecified atom stereocenters. The van der Waals surface area contributed by atoms with Gasteiger partial charge >= 0.3 is 6.03 Å². The van der Waals surface area contributed by atoms with E-state index in [4.69, 9.17) is 4.74 Å². The summed E-state index contributed by atoms with van der Waals surface area (Å²) in [7, 11) is 0. The van der Waals surface area contributed by atoms with Gasteiger partial charge in [-0.05, 0) is 49.4 Å². The average Bonchev–Trinajstić information content (AvgIpc) is 3.06. The van der Waals surface area contributed by atoms with Gasteiger partial charge in [-0.1, -0.05) is 18.2 Å². The van der Waals surface area contributed by atoms with E-state index in [0.29, 0.717) is 6.54 Å². The topological polar surface area (TPSA) is 70.6 Å². The summed E-state index contributed by atoms with van der Waals surface area (Å²) in [4.78, 5) is 13.0. The first-order valence-corrected chi connectivity index (χ1v) is 8.91. The maximum Gasteiger partial charge on any atom is 0.314 e. The third-order valence-electron chi connectivity index (χ3n) is 3.33. The number of rotatable bonds is 8. The molecular weight excluding hydrogens is 324 g/mol. The van der Waals surface area contributed by atoms with Crippen molar-refractivity contribution in [2.45, 2.75) is 32.5 Å². The minimum atomic E-state index is -0.749. The quantitative estimate of drug-likeness (QED) is 0.686. The van der Waals surface area contributed by atoms with Crippen LogP contribution in [0, 0.1) is 0 Å². The highest BCUT2D eigenvalue weighted by atomic mass is 32.1. The second-order valence-corrected chi connectivity index (χ2v) is 6.75. The largest absolute Gasteiger partial charge is 0.491 e. The van der Waals surface area contributed by atoms with Crippen LogP contribution in [0.2, 0.25) is 0 Å². The van der Waals surface area contributed by atoms with Gasteiger partial charge < -0.3 is 20.5 Å². The molecule has 5 nitrogen and oxygen atoms in total. The lowest BCUT2D eigenvalue weighted by Gasteiger charge is -2.14. The zero-order valence-corrected chi connectivity index (χ0v) is 14.8. The maximum absolute atomic E-state index is 11.7. The summed E-state index contributed by atoms with van der Waals surface area (Å²) in [6.07, 6.45) is 0.173. The van der Waals surface area contributed by atoms with Crippen LogP contribution in [0.4, 0.5) is 4.79 Å². The fraction of sp³-hybridized carbons (Fsp3) is 0.389. The maximum atomic E-state index is 11.7. The highest BCUT2D eigenvalue weighted by molar-refractivity contribution is 7.09. The van der Waals surface area contributed by atoms with Gasteiger partial charge in [0.2, 0.25) is 0 Å². The summed E-state index contributed by atoms with van der Waals surface area (Å²) in [5.41, 5.74) is 0.741. The second-order valence-electron chi connectivity index (χ2n) is 5.72. The van der Waals surface area contributed by atoms with Crippen molar-refractivity contribution < 1.29 is 14.6 Å². The molecule has 0 saturated carbocycles. The molecule has 0 fully saturated rings. The van der Waals surface area contributed by atoms with E-state index in [1.807, 2.05) is 43.5 Å². The van der Waals surface area contributed by atoms with Crippen molar-refractivity contribution in [1.82, 2.24) is 10.6 Å². The van der Waals surface area contributed by atoms with Crippen molar-refractivity contribution in [3.8, 4) is 5.75 Å². The molecule has 6 heteroatoms. The van der Waals surface area contributed by atoms with Crippen LogP contribution < -0.4 is 15.4 Å². The Kier molecular flexibility index (Phi) is 7.08. The molecule has 1 aromatic heterocycles. The van der Waals surface area contributed by atoms with Crippen LogP contribution in [-0.4, -0.2) is 30.3 Å². The van der Waals surface area contributed by atoms with Gasteiger partial charge in [-0.25, -0.2) is 4.79 Å². The minimum Gasteiger partial charge on any atom is -0.491 e. The summed E-state index contributed by atoms with van der Waals surface area (Å²) in [5.74, 6) is 0.764. The SMILES string of the molecule is CC(C)Oc1ccc(C(O)CNC(=O)NCCc2cccs2)cc1. The molecule has 2 amide bonds. The summed E-state index contributed by atoms with van der Waals surface area (Å²) in [6, 6.07) is 11.0. The smallest absolute Gasteiger partial charge is 0.314 e. The van der Waals surface area contributed by atoms with E-state index in [0.717, 1.165) is 17.7 Å².